The van der Waals surface area contributed by atoms with E-state index in [0.717, 1.165) is 11.1 Å². The SMILES string of the molecule is COc1ccc([C@H](CC(=O)N[C@@H](Cc2cccc(Cl)c2)C(=O)N[C@H](C(=O)C(F)(F)F)C(C)C)c2ccc(Cl)cc2)cc1. The van der Waals surface area contributed by atoms with Gasteiger partial charge in [0.05, 0.1) is 13.2 Å². The number of halogens is 5. The molecule has 0 saturated carbocycles. The van der Waals surface area contributed by atoms with Gasteiger partial charge in [0, 0.05) is 28.8 Å². The highest BCUT2D eigenvalue weighted by molar-refractivity contribution is 6.30. The average molecular weight is 623 g/mol. The molecule has 0 unspecified atom stereocenters. The third-order valence-electron chi connectivity index (χ3n) is 6.69. The monoisotopic (exact) mass is 622 g/mol. The van der Waals surface area contributed by atoms with Crippen molar-refractivity contribution in [3.8, 4) is 5.75 Å². The molecular formula is C31H31Cl2F3N2O4. The molecule has 3 rings (SSSR count). The van der Waals surface area contributed by atoms with Crippen molar-refractivity contribution >= 4 is 40.8 Å². The lowest BCUT2D eigenvalue weighted by Gasteiger charge is -2.26. The van der Waals surface area contributed by atoms with Crippen molar-refractivity contribution in [3.63, 3.8) is 0 Å². The van der Waals surface area contributed by atoms with Crippen molar-refractivity contribution in [3.05, 3.63) is 99.5 Å². The quantitative estimate of drug-likeness (QED) is 0.241. The van der Waals surface area contributed by atoms with Crippen LogP contribution in [0.15, 0.2) is 72.8 Å². The van der Waals surface area contributed by atoms with Crippen LogP contribution >= 0.6 is 23.2 Å². The van der Waals surface area contributed by atoms with Gasteiger partial charge in [-0.25, -0.2) is 0 Å². The maximum Gasteiger partial charge on any atom is 0.452 e. The van der Waals surface area contributed by atoms with Gasteiger partial charge in [-0.05, 0) is 59.0 Å². The molecule has 0 fully saturated rings. The van der Waals surface area contributed by atoms with Gasteiger partial charge in [0.1, 0.15) is 11.8 Å². The van der Waals surface area contributed by atoms with Crippen molar-refractivity contribution in [2.45, 2.75) is 50.9 Å². The molecule has 11 heteroatoms. The van der Waals surface area contributed by atoms with Gasteiger partial charge < -0.3 is 15.4 Å². The highest BCUT2D eigenvalue weighted by atomic mass is 35.5. The van der Waals surface area contributed by atoms with E-state index in [4.69, 9.17) is 27.9 Å². The zero-order valence-electron chi connectivity index (χ0n) is 23.2. The molecule has 0 radical (unpaired) electrons. The van der Waals surface area contributed by atoms with Crippen LogP contribution < -0.4 is 15.4 Å². The predicted octanol–water partition coefficient (Wildman–Crippen LogP) is 6.52. The van der Waals surface area contributed by atoms with Crippen LogP contribution in [0.25, 0.3) is 0 Å². The van der Waals surface area contributed by atoms with Crippen LogP contribution in [0.4, 0.5) is 13.2 Å². The van der Waals surface area contributed by atoms with Gasteiger partial charge in [-0.2, -0.15) is 13.2 Å². The molecular weight excluding hydrogens is 592 g/mol. The van der Waals surface area contributed by atoms with Crippen LogP contribution in [-0.4, -0.2) is 43.0 Å². The van der Waals surface area contributed by atoms with Crippen LogP contribution in [0.1, 0.15) is 42.9 Å². The molecule has 3 atom stereocenters. The molecule has 0 aliphatic heterocycles. The summed E-state index contributed by atoms with van der Waals surface area (Å²) >= 11 is 12.2. The highest BCUT2D eigenvalue weighted by Gasteiger charge is 2.45. The number of amides is 2. The second-order valence-electron chi connectivity index (χ2n) is 10.1. The van der Waals surface area contributed by atoms with E-state index < -0.39 is 47.7 Å². The Morgan fingerprint density at radius 3 is 1.98 bits per heavy atom. The van der Waals surface area contributed by atoms with E-state index >= 15 is 0 Å². The highest BCUT2D eigenvalue weighted by Crippen LogP contribution is 2.30. The number of carbonyl (C=O) groups excluding carboxylic acids is 3. The van der Waals surface area contributed by atoms with Gasteiger partial charge >= 0.3 is 6.18 Å². The van der Waals surface area contributed by atoms with Crippen LogP contribution in [0.5, 0.6) is 5.75 Å². The van der Waals surface area contributed by atoms with E-state index in [1.807, 2.05) is 12.1 Å². The molecule has 2 N–H and O–H groups in total. The predicted molar refractivity (Wildman–Crippen MR) is 156 cm³/mol. The Kier molecular flexibility index (Phi) is 11.4. The van der Waals surface area contributed by atoms with Crippen molar-refractivity contribution < 1.29 is 32.3 Å². The Labute approximate surface area is 252 Å². The molecule has 6 nitrogen and oxygen atoms in total. The minimum absolute atomic E-state index is 0.0721. The maximum absolute atomic E-state index is 13.5. The first-order chi connectivity index (χ1) is 19.8. The minimum atomic E-state index is -5.14. The van der Waals surface area contributed by atoms with Crippen LogP contribution in [0, 0.1) is 5.92 Å². The summed E-state index contributed by atoms with van der Waals surface area (Å²) in [6.07, 6.45) is -5.31. The van der Waals surface area contributed by atoms with Crippen LogP contribution in [0.2, 0.25) is 10.0 Å². The molecule has 224 valence electrons. The molecule has 0 bridgehead atoms. The second kappa shape index (κ2) is 14.6. The minimum Gasteiger partial charge on any atom is -0.497 e. The van der Waals surface area contributed by atoms with E-state index in [9.17, 15) is 27.6 Å². The Balaban J connectivity index is 1.90. The summed E-state index contributed by atoms with van der Waals surface area (Å²) in [6.45, 7) is 2.79. The smallest absolute Gasteiger partial charge is 0.452 e. The number of carbonyl (C=O) groups is 3. The number of nitrogens with one attached hydrogen (secondary N) is 2. The normalized spacial score (nSPS) is 13.6. The second-order valence-corrected chi connectivity index (χ2v) is 11.0. The van der Waals surface area contributed by atoms with Crippen LogP contribution in [0.3, 0.4) is 0 Å². The number of benzene rings is 3. The fourth-order valence-electron chi connectivity index (χ4n) is 4.47. The molecule has 3 aromatic rings. The van der Waals surface area contributed by atoms with E-state index in [1.54, 1.807) is 60.7 Å². The van der Waals surface area contributed by atoms with E-state index in [0.29, 0.717) is 21.4 Å². The lowest BCUT2D eigenvalue weighted by atomic mass is 9.88. The van der Waals surface area contributed by atoms with Gasteiger partial charge in [-0.1, -0.05) is 73.4 Å². The number of ether oxygens (including phenoxy) is 1. The Hall–Kier alpha value is -3.56. The molecule has 3 aromatic carbocycles. The Morgan fingerprint density at radius 2 is 1.45 bits per heavy atom. The first-order valence-corrected chi connectivity index (χ1v) is 13.9. The van der Waals surface area contributed by atoms with Crippen LogP contribution in [-0.2, 0) is 20.8 Å². The number of methoxy groups -OCH3 is 1. The van der Waals surface area contributed by atoms with Gasteiger partial charge in [0.25, 0.3) is 5.78 Å². The number of ketones is 1. The number of hydrogen-bond donors (Lipinski definition) is 2. The largest absolute Gasteiger partial charge is 0.497 e. The molecule has 0 aliphatic rings. The molecule has 0 aliphatic carbocycles. The van der Waals surface area contributed by atoms with Gasteiger partial charge in [0.15, 0.2) is 0 Å². The van der Waals surface area contributed by atoms with Gasteiger partial charge in [-0.15, -0.1) is 0 Å². The Morgan fingerprint density at radius 1 is 0.857 bits per heavy atom. The van der Waals surface area contributed by atoms with Crippen molar-refractivity contribution in [1.82, 2.24) is 10.6 Å². The molecule has 0 saturated heterocycles. The first kappa shape index (κ1) is 32.9. The summed E-state index contributed by atoms with van der Waals surface area (Å²) in [5.74, 6) is -4.19. The molecule has 2 amide bonds. The maximum atomic E-state index is 13.5. The van der Waals surface area contributed by atoms with Crippen molar-refractivity contribution in [1.29, 1.82) is 0 Å². The molecule has 0 spiro atoms. The fourth-order valence-corrected chi connectivity index (χ4v) is 4.81. The lowest BCUT2D eigenvalue weighted by Crippen LogP contribution is -2.56. The topological polar surface area (TPSA) is 84.5 Å². The summed E-state index contributed by atoms with van der Waals surface area (Å²) in [7, 11) is 1.54. The third-order valence-corrected chi connectivity index (χ3v) is 7.17. The molecule has 0 aromatic heterocycles. The molecule has 42 heavy (non-hydrogen) atoms. The molecule has 0 heterocycles. The van der Waals surface area contributed by atoms with Gasteiger partial charge in [-0.3, -0.25) is 14.4 Å². The summed E-state index contributed by atoms with van der Waals surface area (Å²) < 4.78 is 45.0. The van der Waals surface area contributed by atoms with Crippen molar-refractivity contribution in [2.75, 3.05) is 7.11 Å². The Bertz CT molecular complexity index is 1380. The van der Waals surface area contributed by atoms with Gasteiger partial charge in [0.2, 0.25) is 11.8 Å². The number of Topliss-reactive ketones (excluding diaryl/α,β-unsaturated/α-hetero) is 1. The fraction of sp³-hybridized carbons (Fsp3) is 0.323. The zero-order valence-corrected chi connectivity index (χ0v) is 24.7. The summed E-state index contributed by atoms with van der Waals surface area (Å²) in [5.41, 5.74) is 2.14. The number of hydrogen-bond acceptors (Lipinski definition) is 4. The number of alkyl halides is 3. The van der Waals surface area contributed by atoms with Crippen molar-refractivity contribution in [2.24, 2.45) is 5.92 Å². The van der Waals surface area contributed by atoms with E-state index in [-0.39, 0.29) is 12.8 Å². The summed E-state index contributed by atoms with van der Waals surface area (Å²) in [4.78, 5) is 38.9. The first-order valence-electron chi connectivity index (χ1n) is 13.1. The standard InChI is InChI=1S/C31H31Cl2F3N2O4/c1-18(2)28(29(40)31(34,35)36)38-30(41)26(16-19-5-4-6-23(33)15-19)37-27(39)17-25(20-7-11-22(32)12-8-20)21-9-13-24(42-3)14-10-21/h4-15,18,25-26,28H,16-17H2,1-3H3,(H,37,39)(H,38,41)/t25-,26+,28+/m1/s1. The van der Waals surface area contributed by atoms with E-state index in [1.165, 1.54) is 21.0 Å². The lowest BCUT2D eigenvalue weighted by molar-refractivity contribution is -0.175. The van der Waals surface area contributed by atoms with E-state index in [2.05, 4.69) is 10.6 Å². The number of rotatable bonds is 12. The summed E-state index contributed by atoms with van der Waals surface area (Å²) in [5, 5.41) is 5.79. The zero-order chi connectivity index (χ0) is 31.0. The third kappa shape index (κ3) is 9.22. The average Bonchev–Trinajstić information content (AvgIpc) is 2.94. The summed E-state index contributed by atoms with van der Waals surface area (Å²) in [6, 6.07) is 17.6.